The van der Waals surface area contributed by atoms with E-state index in [1.54, 1.807) is 18.2 Å². The first-order chi connectivity index (χ1) is 15.7. The molecule has 0 atom stereocenters. The second-order valence-electron chi connectivity index (χ2n) is 7.49. The number of amides is 1. The average molecular weight is 509 g/mol. The number of halogens is 3. The van der Waals surface area contributed by atoms with Crippen LogP contribution in [0.4, 0.5) is 4.39 Å². The Kier molecular flexibility index (Phi) is 8.48. The second kappa shape index (κ2) is 11.1. The van der Waals surface area contributed by atoms with E-state index in [9.17, 15) is 17.6 Å². The highest BCUT2D eigenvalue weighted by atomic mass is 35.5. The summed E-state index contributed by atoms with van der Waals surface area (Å²) in [5.41, 5.74) is 1.26. The van der Waals surface area contributed by atoms with Crippen molar-refractivity contribution in [2.45, 2.75) is 17.9 Å². The maximum atomic E-state index is 14.0. The van der Waals surface area contributed by atoms with Crippen LogP contribution in [0.2, 0.25) is 10.0 Å². The molecule has 0 fully saturated rings. The van der Waals surface area contributed by atoms with Crippen molar-refractivity contribution in [1.82, 2.24) is 9.21 Å². The van der Waals surface area contributed by atoms with Crippen molar-refractivity contribution in [2.24, 2.45) is 0 Å². The van der Waals surface area contributed by atoms with E-state index >= 15 is 0 Å². The molecule has 0 radical (unpaired) electrons. The number of likely N-dealkylation sites (N-methyl/N-ethyl adjacent to an activating group) is 1. The van der Waals surface area contributed by atoms with Crippen molar-refractivity contribution in [1.29, 1.82) is 0 Å². The van der Waals surface area contributed by atoms with E-state index in [4.69, 9.17) is 23.2 Å². The molecular weight excluding hydrogens is 486 g/mol. The third kappa shape index (κ3) is 6.54. The number of hydrogen-bond donors (Lipinski definition) is 0. The molecule has 0 saturated heterocycles. The molecule has 0 bridgehead atoms. The minimum absolute atomic E-state index is 0.00992. The molecule has 3 rings (SSSR count). The third-order valence-corrected chi connectivity index (χ3v) is 7.67. The van der Waals surface area contributed by atoms with Gasteiger partial charge >= 0.3 is 0 Å². The Morgan fingerprint density at radius 3 is 2.33 bits per heavy atom. The standard InChI is InChI=1S/C24H23Cl2FN2O3S/c1-28(16-19-9-5-6-10-22(19)27)24(30)17-29(14-13-18-7-3-2-4-8-18)33(31,32)23-15-20(25)11-12-21(23)26/h2-12,15H,13-14,16-17H2,1H3. The topological polar surface area (TPSA) is 57.7 Å². The fraction of sp³-hybridized carbons (Fsp3) is 0.208. The molecule has 0 aliphatic carbocycles. The predicted molar refractivity (Wildman–Crippen MR) is 128 cm³/mol. The highest BCUT2D eigenvalue weighted by Crippen LogP contribution is 2.28. The molecule has 0 unspecified atom stereocenters. The highest BCUT2D eigenvalue weighted by Gasteiger charge is 2.30. The van der Waals surface area contributed by atoms with Gasteiger partial charge in [-0.05, 0) is 36.2 Å². The molecule has 0 aliphatic heterocycles. The highest BCUT2D eigenvalue weighted by molar-refractivity contribution is 7.89. The van der Waals surface area contributed by atoms with Crippen LogP contribution < -0.4 is 0 Å². The monoisotopic (exact) mass is 508 g/mol. The summed E-state index contributed by atoms with van der Waals surface area (Å²) in [6.07, 6.45) is 0.391. The lowest BCUT2D eigenvalue weighted by atomic mass is 10.1. The van der Waals surface area contributed by atoms with Crippen LogP contribution in [-0.2, 0) is 27.8 Å². The van der Waals surface area contributed by atoms with Crippen LogP contribution in [-0.4, -0.2) is 43.7 Å². The van der Waals surface area contributed by atoms with E-state index in [1.165, 1.54) is 36.2 Å². The molecule has 5 nitrogen and oxygen atoms in total. The van der Waals surface area contributed by atoms with Gasteiger partial charge in [0.25, 0.3) is 0 Å². The summed E-state index contributed by atoms with van der Waals surface area (Å²) in [5, 5.41) is 0.222. The largest absolute Gasteiger partial charge is 0.340 e. The number of hydrogen-bond acceptors (Lipinski definition) is 3. The van der Waals surface area contributed by atoms with Crippen molar-refractivity contribution in [2.75, 3.05) is 20.1 Å². The van der Waals surface area contributed by atoms with E-state index < -0.39 is 28.3 Å². The number of nitrogens with zero attached hydrogens (tertiary/aromatic N) is 2. The summed E-state index contributed by atoms with van der Waals surface area (Å²) in [7, 11) is -2.64. The van der Waals surface area contributed by atoms with Crippen LogP contribution in [0, 0.1) is 5.82 Å². The van der Waals surface area contributed by atoms with Crippen LogP contribution in [0.25, 0.3) is 0 Å². The van der Waals surface area contributed by atoms with Gasteiger partial charge in [0, 0.05) is 30.7 Å². The normalized spacial score (nSPS) is 11.5. The van der Waals surface area contributed by atoms with E-state index in [0.29, 0.717) is 12.0 Å². The molecule has 3 aromatic carbocycles. The summed E-state index contributed by atoms with van der Waals surface area (Å²) in [6, 6.07) is 19.6. The fourth-order valence-corrected chi connectivity index (χ4v) is 5.37. The average Bonchev–Trinajstić information content (AvgIpc) is 2.80. The molecule has 1 amide bonds. The van der Waals surface area contributed by atoms with Crippen LogP contribution in [0.5, 0.6) is 0 Å². The minimum Gasteiger partial charge on any atom is -0.340 e. The predicted octanol–water partition coefficient (Wildman–Crippen LogP) is 5.02. The lowest BCUT2D eigenvalue weighted by molar-refractivity contribution is -0.130. The Bertz CT molecular complexity index is 1220. The van der Waals surface area contributed by atoms with Gasteiger partial charge in [-0.1, -0.05) is 71.7 Å². The van der Waals surface area contributed by atoms with Gasteiger partial charge in [-0.15, -0.1) is 0 Å². The van der Waals surface area contributed by atoms with Gasteiger partial charge in [-0.3, -0.25) is 4.79 Å². The third-order valence-electron chi connectivity index (χ3n) is 5.11. The van der Waals surface area contributed by atoms with E-state index in [0.717, 1.165) is 9.87 Å². The Hall–Kier alpha value is -2.45. The molecular formula is C24H23Cl2FN2O3S. The minimum atomic E-state index is -4.14. The second-order valence-corrected chi connectivity index (χ2v) is 10.2. The van der Waals surface area contributed by atoms with Crippen molar-refractivity contribution in [3.05, 3.63) is 99.8 Å². The van der Waals surface area contributed by atoms with Gasteiger partial charge in [-0.2, -0.15) is 4.31 Å². The van der Waals surface area contributed by atoms with Crippen molar-refractivity contribution in [3.8, 4) is 0 Å². The molecule has 0 N–H and O–H groups in total. The van der Waals surface area contributed by atoms with E-state index in [2.05, 4.69) is 0 Å². The smallest absolute Gasteiger partial charge is 0.245 e. The van der Waals surface area contributed by atoms with Gasteiger partial charge in [0.05, 0.1) is 11.6 Å². The van der Waals surface area contributed by atoms with E-state index in [-0.39, 0.29) is 28.0 Å². The maximum absolute atomic E-state index is 14.0. The number of rotatable bonds is 9. The molecule has 0 aliphatic rings. The Balaban J connectivity index is 1.85. The first-order valence-electron chi connectivity index (χ1n) is 10.1. The lowest BCUT2D eigenvalue weighted by Crippen LogP contribution is -2.42. The summed E-state index contributed by atoms with van der Waals surface area (Å²) in [6.45, 7) is -0.368. The van der Waals surface area contributed by atoms with Crippen LogP contribution in [0.3, 0.4) is 0 Å². The zero-order chi connectivity index (χ0) is 24.0. The summed E-state index contributed by atoms with van der Waals surface area (Å²) in [4.78, 5) is 14.1. The maximum Gasteiger partial charge on any atom is 0.245 e. The fourth-order valence-electron chi connectivity index (χ4n) is 3.24. The molecule has 0 aromatic heterocycles. The molecule has 0 spiro atoms. The van der Waals surface area contributed by atoms with Crippen molar-refractivity contribution in [3.63, 3.8) is 0 Å². The molecule has 0 saturated carbocycles. The molecule has 3 aromatic rings. The number of benzene rings is 3. The number of carbonyl (C=O) groups is 1. The Morgan fingerprint density at radius 1 is 0.970 bits per heavy atom. The Labute approximate surface area is 203 Å². The van der Waals surface area contributed by atoms with Crippen LogP contribution in [0.1, 0.15) is 11.1 Å². The SMILES string of the molecule is CN(Cc1ccccc1F)C(=O)CN(CCc1ccccc1)S(=O)(=O)c1cc(Cl)ccc1Cl. The van der Waals surface area contributed by atoms with Crippen LogP contribution in [0.15, 0.2) is 77.7 Å². The Morgan fingerprint density at radius 2 is 1.64 bits per heavy atom. The van der Waals surface area contributed by atoms with Crippen molar-refractivity contribution < 1.29 is 17.6 Å². The number of carbonyl (C=O) groups excluding carboxylic acids is 1. The molecule has 174 valence electrons. The quantitative estimate of drug-likeness (QED) is 0.407. The first kappa shape index (κ1) is 25.2. The number of sulfonamides is 1. The summed E-state index contributed by atoms with van der Waals surface area (Å²) >= 11 is 12.2. The molecule has 0 heterocycles. The summed E-state index contributed by atoms with van der Waals surface area (Å²) in [5.74, 6) is -0.913. The van der Waals surface area contributed by atoms with Gasteiger partial charge in [0.1, 0.15) is 10.7 Å². The van der Waals surface area contributed by atoms with Gasteiger partial charge in [0.15, 0.2) is 0 Å². The van der Waals surface area contributed by atoms with E-state index in [1.807, 2.05) is 30.3 Å². The molecule has 33 heavy (non-hydrogen) atoms. The lowest BCUT2D eigenvalue weighted by Gasteiger charge is -2.25. The van der Waals surface area contributed by atoms with Gasteiger partial charge in [0.2, 0.25) is 15.9 Å². The zero-order valence-electron chi connectivity index (χ0n) is 17.9. The van der Waals surface area contributed by atoms with Gasteiger partial charge in [-0.25, -0.2) is 12.8 Å². The zero-order valence-corrected chi connectivity index (χ0v) is 20.2. The first-order valence-corrected chi connectivity index (χ1v) is 12.3. The van der Waals surface area contributed by atoms with Gasteiger partial charge < -0.3 is 4.90 Å². The van der Waals surface area contributed by atoms with Crippen LogP contribution >= 0.6 is 23.2 Å². The molecule has 9 heteroatoms. The summed E-state index contributed by atoms with van der Waals surface area (Å²) < 4.78 is 42.0. The van der Waals surface area contributed by atoms with Crippen molar-refractivity contribution >= 4 is 39.1 Å².